The van der Waals surface area contributed by atoms with Crippen LogP contribution < -0.4 is 5.32 Å². The van der Waals surface area contributed by atoms with E-state index >= 15 is 0 Å². The lowest BCUT2D eigenvalue weighted by molar-refractivity contribution is -0.870. The number of allylic oxidation sites excluding steroid dienone is 2. The molecule has 0 saturated heterocycles. The second kappa shape index (κ2) is 41.6. The summed E-state index contributed by atoms with van der Waals surface area (Å²) in [4.78, 5) is 23.1. The monoisotopic (exact) mass is 844 g/mol. The number of likely N-dealkylation sites (N-methyl/N-ethyl adjacent to an activating group) is 1. The number of quaternary nitrogens is 1. The molecule has 0 fully saturated rings. The van der Waals surface area contributed by atoms with E-state index in [-0.39, 0.29) is 19.1 Å². The molecule has 9 heteroatoms. The fourth-order valence-electron chi connectivity index (χ4n) is 7.52. The second-order valence-corrected chi connectivity index (χ2v) is 20.0. The third kappa shape index (κ3) is 43.3. The van der Waals surface area contributed by atoms with Crippen molar-refractivity contribution in [1.29, 1.82) is 0 Å². The number of phosphoric ester groups is 1. The Balaban J connectivity index is 4.08. The standard InChI is InChI=1S/C49H99N2O6P/c1-6-8-10-12-14-16-18-19-20-21-22-23-24-25-26-27-28-29-30-31-32-33-34-36-38-40-42-48(52)47(46-57-58(54,55)56-45-44-51(3,4)5)50-49(53)43-41-39-37-35-17-15-13-11-9-7-2/h11,13,47-48,52H,6-10,12,14-46H2,1-5H3,(H-,50,53,54,55)/p+1/b13-11-. The van der Waals surface area contributed by atoms with Gasteiger partial charge in [0, 0.05) is 6.42 Å². The van der Waals surface area contributed by atoms with Crippen molar-refractivity contribution in [1.82, 2.24) is 5.32 Å². The van der Waals surface area contributed by atoms with Crippen molar-refractivity contribution >= 4 is 13.7 Å². The van der Waals surface area contributed by atoms with Gasteiger partial charge in [0.15, 0.2) is 0 Å². The van der Waals surface area contributed by atoms with Crippen LogP contribution in [0.5, 0.6) is 0 Å². The summed E-state index contributed by atoms with van der Waals surface area (Å²) in [5, 5.41) is 14.0. The molecule has 0 aromatic heterocycles. The van der Waals surface area contributed by atoms with Crippen molar-refractivity contribution in [2.75, 3.05) is 40.9 Å². The Morgan fingerprint density at radius 2 is 0.966 bits per heavy atom. The maximum Gasteiger partial charge on any atom is 0.472 e. The summed E-state index contributed by atoms with van der Waals surface area (Å²) in [7, 11) is 1.62. The smallest absolute Gasteiger partial charge is 0.391 e. The topological polar surface area (TPSA) is 105 Å². The van der Waals surface area contributed by atoms with Crippen LogP contribution >= 0.6 is 7.82 Å². The van der Waals surface area contributed by atoms with Gasteiger partial charge in [-0.3, -0.25) is 13.8 Å². The largest absolute Gasteiger partial charge is 0.472 e. The van der Waals surface area contributed by atoms with Crippen molar-refractivity contribution in [3.63, 3.8) is 0 Å². The van der Waals surface area contributed by atoms with Crippen LogP contribution in [-0.2, 0) is 18.4 Å². The number of carbonyl (C=O) groups excluding carboxylic acids is 1. The van der Waals surface area contributed by atoms with Gasteiger partial charge in [0.05, 0.1) is 39.9 Å². The molecule has 3 N–H and O–H groups in total. The van der Waals surface area contributed by atoms with Gasteiger partial charge in [0.1, 0.15) is 13.2 Å². The quantitative estimate of drug-likeness (QED) is 0.0244. The van der Waals surface area contributed by atoms with Crippen LogP contribution in [0, 0.1) is 0 Å². The first-order valence-corrected chi connectivity index (χ1v) is 26.5. The minimum atomic E-state index is -4.31. The number of hydrogen-bond donors (Lipinski definition) is 3. The van der Waals surface area contributed by atoms with Crippen molar-refractivity contribution < 1.29 is 32.9 Å². The molecule has 0 aliphatic carbocycles. The number of nitrogens with zero attached hydrogens (tertiary/aromatic N) is 1. The van der Waals surface area contributed by atoms with Gasteiger partial charge in [-0.25, -0.2) is 4.57 Å². The van der Waals surface area contributed by atoms with Crippen LogP contribution in [-0.4, -0.2) is 73.4 Å². The molecule has 3 unspecified atom stereocenters. The molecule has 0 saturated carbocycles. The van der Waals surface area contributed by atoms with Crippen molar-refractivity contribution in [3.8, 4) is 0 Å². The SMILES string of the molecule is CCC/C=C\CCCCCCCC(=O)NC(COP(=O)(O)OCC[N+](C)(C)C)C(O)CCCCCCCCCCCCCCCCCCCCCCCCCCCC. The lowest BCUT2D eigenvalue weighted by atomic mass is 10.0. The molecule has 0 radical (unpaired) electrons. The number of amides is 1. The molecule has 8 nitrogen and oxygen atoms in total. The highest BCUT2D eigenvalue weighted by atomic mass is 31.2. The van der Waals surface area contributed by atoms with Gasteiger partial charge in [-0.15, -0.1) is 0 Å². The van der Waals surface area contributed by atoms with Gasteiger partial charge in [0.2, 0.25) is 5.91 Å². The van der Waals surface area contributed by atoms with Gasteiger partial charge in [-0.1, -0.05) is 219 Å². The number of aliphatic hydroxyl groups is 1. The van der Waals surface area contributed by atoms with E-state index in [0.29, 0.717) is 23.9 Å². The molecule has 346 valence electrons. The average Bonchev–Trinajstić information content (AvgIpc) is 3.17. The predicted molar refractivity (Wildman–Crippen MR) is 249 cm³/mol. The van der Waals surface area contributed by atoms with Crippen LogP contribution in [0.4, 0.5) is 0 Å². The molecule has 0 spiro atoms. The highest BCUT2D eigenvalue weighted by molar-refractivity contribution is 7.47. The first-order chi connectivity index (χ1) is 28.0. The normalized spacial score (nSPS) is 14.3. The predicted octanol–water partition coefficient (Wildman–Crippen LogP) is 14.3. The Morgan fingerprint density at radius 1 is 0.569 bits per heavy atom. The van der Waals surface area contributed by atoms with E-state index in [1.54, 1.807) is 0 Å². The zero-order valence-corrected chi connectivity index (χ0v) is 40.2. The summed E-state index contributed by atoms with van der Waals surface area (Å²) in [6.45, 7) is 4.84. The van der Waals surface area contributed by atoms with E-state index < -0.39 is 20.0 Å². The number of hydrogen-bond acceptors (Lipinski definition) is 5. The molecule has 3 atom stereocenters. The van der Waals surface area contributed by atoms with E-state index in [2.05, 4.69) is 31.3 Å². The van der Waals surface area contributed by atoms with Crippen molar-refractivity contribution in [3.05, 3.63) is 12.2 Å². The fourth-order valence-corrected chi connectivity index (χ4v) is 8.26. The minimum Gasteiger partial charge on any atom is -0.391 e. The van der Waals surface area contributed by atoms with Crippen molar-refractivity contribution in [2.24, 2.45) is 0 Å². The molecular formula is C49H100N2O6P+. The summed E-state index contributed by atoms with van der Waals surface area (Å²) in [5.74, 6) is -0.154. The third-order valence-corrected chi connectivity index (χ3v) is 12.5. The summed E-state index contributed by atoms with van der Waals surface area (Å²) >= 11 is 0. The lowest BCUT2D eigenvalue weighted by Crippen LogP contribution is -2.46. The Hall–Kier alpha value is -0.760. The summed E-state index contributed by atoms with van der Waals surface area (Å²) in [5.41, 5.74) is 0. The van der Waals surface area contributed by atoms with Gasteiger partial charge in [-0.2, -0.15) is 0 Å². The highest BCUT2D eigenvalue weighted by Gasteiger charge is 2.28. The molecule has 0 aliphatic rings. The molecule has 0 aromatic rings. The number of carbonyl (C=O) groups is 1. The number of rotatable bonds is 46. The second-order valence-electron chi connectivity index (χ2n) is 18.5. The van der Waals surface area contributed by atoms with E-state index in [9.17, 15) is 19.4 Å². The summed E-state index contributed by atoms with van der Waals surface area (Å²) in [6, 6.07) is -0.760. The van der Waals surface area contributed by atoms with E-state index in [4.69, 9.17) is 9.05 Å². The van der Waals surface area contributed by atoms with Crippen LogP contribution in [0.25, 0.3) is 0 Å². The zero-order valence-electron chi connectivity index (χ0n) is 39.3. The minimum absolute atomic E-state index is 0.0749. The molecule has 0 aromatic carbocycles. The molecular weight excluding hydrogens is 744 g/mol. The van der Waals surface area contributed by atoms with Gasteiger partial charge in [0.25, 0.3) is 0 Å². The van der Waals surface area contributed by atoms with Crippen LogP contribution in [0.1, 0.15) is 245 Å². The summed E-state index contributed by atoms with van der Waals surface area (Å²) in [6.07, 6.45) is 48.4. The van der Waals surface area contributed by atoms with Crippen LogP contribution in [0.15, 0.2) is 12.2 Å². The zero-order chi connectivity index (χ0) is 42.8. The third-order valence-electron chi connectivity index (χ3n) is 11.5. The van der Waals surface area contributed by atoms with Crippen molar-refractivity contribution in [2.45, 2.75) is 257 Å². The summed E-state index contributed by atoms with van der Waals surface area (Å²) < 4.78 is 23.6. The number of phosphoric acid groups is 1. The highest BCUT2D eigenvalue weighted by Crippen LogP contribution is 2.43. The average molecular weight is 844 g/mol. The molecule has 0 heterocycles. The van der Waals surface area contributed by atoms with Gasteiger partial charge in [-0.05, 0) is 32.1 Å². The van der Waals surface area contributed by atoms with Gasteiger partial charge >= 0.3 is 7.82 Å². The Kier molecular flexibility index (Phi) is 41.0. The Bertz CT molecular complexity index is 958. The molecule has 0 rings (SSSR count). The Labute approximate surface area is 361 Å². The molecule has 1 amide bonds. The van der Waals surface area contributed by atoms with E-state index in [0.717, 1.165) is 57.8 Å². The van der Waals surface area contributed by atoms with E-state index in [1.807, 2.05) is 21.1 Å². The number of nitrogens with one attached hydrogen (secondary N) is 1. The number of unbranched alkanes of at least 4 members (excludes halogenated alkanes) is 31. The number of aliphatic hydroxyl groups excluding tert-OH is 1. The lowest BCUT2D eigenvalue weighted by Gasteiger charge is -2.26. The molecule has 58 heavy (non-hydrogen) atoms. The Morgan fingerprint density at radius 3 is 1.40 bits per heavy atom. The van der Waals surface area contributed by atoms with Gasteiger partial charge < -0.3 is 19.8 Å². The van der Waals surface area contributed by atoms with Crippen LogP contribution in [0.2, 0.25) is 0 Å². The first-order valence-electron chi connectivity index (χ1n) is 25.1. The maximum absolute atomic E-state index is 12.8. The fraction of sp³-hybridized carbons (Fsp3) is 0.939. The maximum atomic E-state index is 12.8. The molecule has 0 aliphatic heterocycles. The van der Waals surface area contributed by atoms with Crippen LogP contribution in [0.3, 0.4) is 0 Å². The first kappa shape index (κ1) is 57.2. The molecule has 0 bridgehead atoms. The van der Waals surface area contributed by atoms with E-state index in [1.165, 1.54) is 161 Å².